The fourth-order valence-corrected chi connectivity index (χ4v) is 4.04. The normalized spacial score (nSPS) is 27.2. The Hall–Kier alpha value is -0.850. The number of aromatic nitrogens is 1. The zero-order chi connectivity index (χ0) is 16.8. The van der Waals surface area contributed by atoms with Crippen molar-refractivity contribution in [1.29, 1.82) is 0 Å². The minimum absolute atomic E-state index is 0.0334. The number of morpholine rings is 1. The number of halogens is 2. The van der Waals surface area contributed by atoms with Gasteiger partial charge in [-0.1, -0.05) is 11.6 Å². The summed E-state index contributed by atoms with van der Waals surface area (Å²) in [7, 11) is 0. The molecule has 126 valence electrons. The monoisotopic (exact) mass is 402 g/mol. The quantitative estimate of drug-likeness (QED) is 0.655. The van der Waals surface area contributed by atoms with Crippen LogP contribution in [0.1, 0.15) is 45.3 Å². The highest BCUT2D eigenvalue weighted by molar-refractivity contribution is 9.10. The van der Waals surface area contributed by atoms with E-state index in [1.54, 1.807) is 6.07 Å². The van der Waals surface area contributed by atoms with Crippen LogP contribution in [-0.4, -0.2) is 40.3 Å². The molecule has 2 bridgehead atoms. The molecule has 0 saturated carbocycles. The molecule has 7 heteroatoms. The zero-order valence-electron chi connectivity index (χ0n) is 13.4. The van der Waals surface area contributed by atoms with Gasteiger partial charge in [-0.3, -0.25) is 4.90 Å². The first-order valence-electron chi connectivity index (χ1n) is 7.70. The molecule has 3 rings (SSSR count). The Morgan fingerprint density at radius 3 is 2.83 bits per heavy atom. The molecule has 5 nitrogen and oxygen atoms in total. The fourth-order valence-electron chi connectivity index (χ4n) is 3.26. The Morgan fingerprint density at radius 2 is 2.17 bits per heavy atom. The second kappa shape index (κ2) is 6.22. The second-order valence-corrected chi connectivity index (χ2v) is 8.19. The van der Waals surface area contributed by atoms with Gasteiger partial charge in [0.2, 0.25) is 0 Å². The van der Waals surface area contributed by atoms with Gasteiger partial charge >= 0.3 is 6.09 Å². The van der Waals surface area contributed by atoms with Crippen LogP contribution in [0.15, 0.2) is 16.7 Å². The van der Waals surface area contributed by atoms with Crippen LogP contribution in [-0.2, 0) is 9.47 Å². The number of fused-ring (bicyclic) bond motifs is 2. The van der Waals surface area contributed by atoms with Crippen molar-refractivity contribution in [3.63, 3.8) is 0 Å². The minimum Gasteiger partial charge on any atom is -0.444 e. The lowest BCUT2D eigenvalue weighted by molar-refractivity contribution is -0.0804. The van der Waals surface area contributed by atoms with Crippen molar-refractivity contribution in [2.45, 2.75) is 57.4 Å². The SMILES string of the molecule is CC(C)(C)OC(=O)N1C2CCC1C(c1cc(Cl)nc(Br)c1)OC2. The first-order chi connectivity index (χ1) is 10.7. The summed E-state index contributed by atoms with van der Waals surface area (Å²) in [6, 6.07) is 3.74. The third-order valence-corrected chi connectivity index (χ3v) is 4.68. The molecule has 3 atom stereocenters. The van der Waals surface area contributed by atoms with Crippen LogP contribution in [0.5, 0.6) is 0 Å². The number of carbonyl (C=O) groups is 1. The average Bonchev–Trinajstić information content (AvgIpc) is 2.70. The van der Waals surface area contributed by atoms with E-state index in [4.69, 9.17) is 21.1 Å². The van der Waals surface area contributed by atoms with Gasteiger partial charge in [-0.2, -0.15) is 0 Å². The fraction of sp³-hybridized carbons (Fsp3) is 0.625. The van der Waals surface area contributed by atoms with Crippen LogP contribution >= 0.6 is 27.5 Å². The maximum Gasteiger partial charge on any atom is 0.410 e. The Labute approximate surface area is 149 Å². The molecule has 0 aliphatic carbocycles. The van der Waals surface area contributed by atoms with Gasteiger partial charge in [-0.15, -0.1) is 0 Å². The van der Waals surface area contributed by atoms with Gasteiger partial charge in [-0.25, -0.2) is 9.78 Å². The summed E-state index contributed by atoms with van der Waals surface area (Å²) in [6.45, 7) is 6.15. The molecule has 23 heavy (non-hydrogen) atoms. The van der Waals surface area contributed by atoms with Gasteiger partial charge in [0.15, 0.2) is 0 Å². The van der Waals surface area contributed by atoms with Gasteiger partial charge in [0.05, 0.1) is 18.7 Å². The van der Waals surface area contributed by atoms with E-state index in [2.05, 4.69) is 20.9 Å². The topological polar surface area (TPSA) is 51.7 Å². The molecule has 2 aliphatic rings. The Balaban J connectivity index is 1.86. The van der Waals surface area contributed by atoms with Crippen molar-refractivity contribution in [1.82, 2.24) is 9.88 Å². The van der Waals surface area contributed by atoms with Crippen molar-refractivity contribution in [3.05, 3.63) is 27.5 Å². The smallest absolute Gasteiger partial charge is 0.410 e. The molecule has 3 unspecified atom stereocenters. The molecule has 1 amide bonds. The number of ether oxygens (including phenoxy) is 2. The predicted octanol–water partition coefficient (Wildman–Crippen LogP) is 4.34. The van der Waals surface area contributed by atoms with Gasteiger partial charge < -0.3 is 9.47 Å². The molecular formula is C16H20BrClN2O3. The van der Waals surface area contributed by atoms with Crippen LogP contribution in [0.25, 0.3) is 0 Å². The molecule has 3 heterocycles. The first-order valence-corrected chi connectivity index (χ1v) is 8.87. The molecule has 0 N–H and O–H groups in total. The molecule has 0 radical (unpaired) electrons. The largest absolute Gasteiger partial charge is 0.444 e. The second-order valence-electron chi connectivity index (χ2n) is 6.99. The van der Waals surface area contributed by atoms with Crippen LogP contribution in [0.3, 0.4) is 0 Å². The van der Waals surface area contributed by atoms with Gasteiger partial charge in [0.1, 0.15) is 21.5 Å². The molecular weight excluding hydrogens is 384 g/mol. The van der Waals surface area contributed by atoms with Crippen LogP contribution < -0.4 is 0 Å². The minimum atomic E-state index is -0.507. The van der Waals surface area contributed by atoms with Gasteiger partial charge in [0, 0.05) is 0 Å². The van der Waals surface area contributed by atoms with E-state index in [0.717, 1.165) is 18.4 Å². The van der Waals surface area contributed by atoms with Crippen molar-refractivity contribution >= 4 is 33.6 Å². The number of hydrogen-bond donors (Lipinski definition) is 0. The summed E-state index contributed by atoms with van der Waals surface area (Å²) in [5.74, 6) is 0. The van der Waals surface area contributed by atoms with Crippen LogP contribution in [0.4, 0.5) is 4.79 Å². The van der Waals surface area contributed by atoms with Crippen molar-refractivity contribution < 1.29 is 14.3 Å². The Bertz CT molecular complexity index is 600. The summed E-state index contributed by atoms with van der Waals surface area (Å²) in [6.07, 6.45) is 1.35. The summed E-state index contributed by atoms with van der Waals surface area (Å²) < 4.78 is 12.2. The lowest BCUT2D eigenvalue weighted by Crippen LogP contribution is -2.51. The van der Waals surface area contributed by atoms with Crippen LogP contribution in [0, 0.1) is 0 Å². The number of carbonyl (C=O) groups excluding carboxylic acids is 1. The van der Waals surface area contributed by atoms with E-state index in [1.165, 1.54) is 0 Å². The predicted molar refractivity (Wildman–Crippen MR) is 90.5 cm³/mol. The van der Waals surface area contributed by atoms with Crippen LogP contribution in [0.2, 0.25) is 5.15 Å². The molecule has 1 aromatic rings. The number of pyridine rings is 1. The first kappa shape index (κ1) is 17.0. The summed E-state index contributed by atoms with van der Waals surface area (Å²) in [5, 5.41) is 0.405. The van der Waals surface area contributed by atoms with Gasteiger partial charge in [-0.05, 0) is 67.2 Å². The van der Waals surface area contributed by atoms with E-state index in [1.807, 2.05) is 31.7 Å². The van der Waals surface area contributed by atoms with E-state index in [-0.39, 0.29) is 24.3 Å². The van der Waals surface area contributed by atoms with E-state index in [9.17, 15) is 4.79 Å². The summed E-state index contributed by atoms with van der Waals surface area (Å²) in [4.78, 5) is 18.5. The van der Waals surface area contributed by atoms with Gasteiger partial charge in [0.25, 0.3) is 0 Å². The Morgan fingerprint density at radius 1 is 1.43 bits per heavy atom. The van der Waals surface area contributed by atoms with Crippen molar-refractivity contribution in [3.8, 4) is 0 Å². The third-order valence-electron chi connectivity index (χ3n) is 4.08. The summed E-state index contributed by atoms with van der Waals surface area (Å²) in [5.41, 5.74) is 0.420. The Kier molecular flexibility index (Phi) is 4.60. The molecule has 0 aromatic carbocycles. The number of rotatable bonds is 1. The van der Waals surface area contributed by atoms with Crippen molar-refractivity contribution in [2.24, 2.45) is 0 Å². The average molecular weight is 404 g/mol. The molecule has 2 saturated heterocycles. The van der Waals surface area contributed by atoms with E-state index >= 15 is 0 Å². The zero-order valence-corrected chi connectivity index (χ0v) is 15.7. The highest BCUT2D eigenvalue weighted by Gasteiger charge is 2.47. The molecule has 2 aliphatic heterocycles. The summed E-state index contributed by atoms with van der Waals surface area (Å²) >= 11 is 9.41. The highest BCUT2D eigenvalue weighted by Crippen LogP contribution is 2.41. The number of nitrogens with zero attached hydrogens (tertiary/aromatic N) is 2. The maximum absolute atomic E-state index is 12.6. The standard InChI is InChI=1S/C16H20BrClN2O3/c1-16(2,3)23-15(21)20-10-4-5-11(20)14(22-8-10)9-6-12(17)19-13(18)7-9/h6-7,10-11,14H,4-5,8H2,1-3H3. The maximum atomic E-state index is 12.6. The molecule has 2 fully saturated rings. The van der Waals surface area contributed by atoms with E-state index in [0.29, 0.717) is 16.4 Å². The van der Waals surface area contributed by atoms with Crippen molar-refractivity contribution in [2.75, 3.05) is 6.61 Å². The number of hydrogen-bond acceptors (Lipinski definition) is 4. The lowest BCUT2D eigenvalue weighted by Gasteiger charge is -2.40. The molecule has 1 aromatic heterocycles. The third kappa shape index (κ3) is 3.64. The number of amides is 1. The highest BCUT2D eigenvalue weighted by atomic mass is 79.9. The van der Waals surface area contributed by atoms with E-state index < -0.39 is 5.60 Å². The lowest BCUT2D eigenvalue weighted by atomic mass is 10.0. The molecule has 0 spiro atoms.